The largest absolute Gasteiger partial charge is 0.454 e. The maximum atomic E-state index is 11.9. The molecule has 0 unspecified atom stereocenters. The fourth-order valence-electron chi connectivity index (χ4n) is 2.19. The van der Waals surface area contributed by atoms with Crippen molar-refractivity contribution in [1.29, 1.82) is 0 Å². The minimum atomic E-state index is -0.778. The summed E-state index contributed by atoms with van der Waals surface area (Å²) >= 11 is 1.44. The number of hydrogen-bond acceptors (Lipinski definition) is 6. The molecule has 3 rings (SSSR count). The summed E-state index contributed by atoms with van der Waals surface area (Å²) in [5.74, 6) is -0.419. The standard InChI is InChI=1S/C16H16N2O5S/c19-11(14-2-1-7-24-14)5-6-17-15(20)16(21)18-10-3-4-12-13(8-10)23-9-22-12/h1-4,7-8,11,19H,5-6,9H2,(H,17,20)(H,18,21)/t11-/m0/s1. The lowest BCUT2D eigenvalue weighted by molar-refractivity contribution is -0.136. The number of aliphatic hydroxyl groups excluding tert-OH is 1. The van der Waals surface area contributed by atoms with Gasteiger partial charge in [-0.05, 0) is 30.0 Å². The van der Waals surface area contributed by atoms with Crippen LogP contribution in [0.1, 0.15) is 17.4 Å². The Hall–Kier alpha value is -2.58. The molecule has 126 valence electrons. The summed E-state index contributed by atoms with van der Waals surface area (Å²) in [5, 5.41) is 16.8. The summed E-state index contributed by atoms with van der Waals surface area (Å²) in [6.07, 6.45) is -0.314. The highest BCUT2D eigenvalue weighted by molar-refractivity contribution is 7.10. The number of carbonyl (C=O) groups is 2. The molecule has 3 N–H and O–H groups in total. The van der Waals surface area contributed by atoms with E-state index in [1.807, 2.05) is 17.5 Å². The predicted molar refractivity (Wildman–Crippen MR) is 88.1 cm³/mol. The van der Waals surface area contributed by atoms with Crippen LogP contribution in [-0.2, 0) is 9.59 Å². The van der Waals surface area contributed by atoms with E-state index in [-0.39, 0.29) is 13.3 Å². The number of rotatable bonds is 5. The Morgan fingerprint density at radius 1 is 1.21 bits per heavy atom. The molecule has 1 aromatic carbocycles. The molecule has 2 amide bonds. The average Bonchev–Trinajstić information content (AvgIpc) is 3.25. The van der Waals surface area contributed by atoms with Gasteiger partial charge < -0.3 is 25.2 Å². The zero-order chi connectivity index (χ0) is 16.9. The second kappa shape index (κ2) is 7.33. The number of hydrogen-bond donors (Lipinski definition) is 3. The highest BCUT2D eigenvalue weighted by Crippen LogP contribution is 2.34. The number of carbonyl (C=O) groups excluding carboxylic acids is 2. The van der Waals surface area contributed by atoms with E-state index < -0.39 is 17.9 Å². The number of thiophene rings is 1. The highest BCUT2D eigenvalue weighted by atomic mass is 32.1. The van der Waals surface area contributed by atoms with E-state index in [0.29, 0.717) is 23.6 Å². The lowest BCUT2D eigenvalue weighted by Gasteiger charge is -2.10. The van der Waals surface area contributed by atoms with Gasteiger partial charge in [0.2, 0.25) is 6.79 Å². The summed E-state index contributed by atoms with van der Waals surface area (Å²) in [4.78, 5) is 24.5. The van der Waals surface area contributed by atoms with Crippen molar-refractivity contribution in [2.24, 2.45) is 0 Å². The molecule has 2 aromatic rings. The Morgan fingerprint density at radius 2 is 2.04 bits per heavy atom. The molecule has 8 heteroatoms. The van der Waals surface area contributed by atoms with Gasteiger partial charge in [0.05, 0.1) is 6.10 Å². The Bertz CT molecular complexity index is 732. The maximum Gasteiger partial charge on any atom is 0.313 e. The smallest absolute Gasteiger partial charge is 0.313 e. The van der Waals surface area contributed by atoms with Crippen LogP contribution in [-0.4, -0.2) is 30.3 Å². The van der Waals surface area contributed by atoms with Crippen LogP contribution in [0.15, 0.2) is 35.7 Å². The zero-order valence-electron chi connectivity index (χ0n) is 12.7. The van der Waals surface area contributed by atoms with Crippen LogP contribution in [0.25, 0.3) is 0 Å². The number of amides is 2. The van der Waals surface area contributed by atoms with E-state index in [1.165, 1.54) is 11.3 Å². The number of benzene rings is 1. The number of ether oxygens (including phenoxy) is 2. The van der Waals surface area contributed by atoms with Gasteiger partial charge in [0, 0.05) is 23.2 Å². The van der Waals surface area contributed by atoms with Gasteiger partial charge in [0.25, 0.3) is 0 Å². The first-order chi connectivity index (χ1) is 11.6. The molecule has 1 aromatic heterocycles. The van der Waals surface area contributed by atoms with Crippen LogP contribution in [0.3, 0.4) is 0 Å². The Balaban J connectivity index is 1.45. The number of anilines is 1. The van der Waals surface area contributed by atoms with E-state index in [0.717, 1.165) is 4.88 Å². The first-order valence-corrected chi connectivity index (χ1v) is 8.22. The third-order valence-electron chi connectivity index (χ3n) is 3.41. The number of aliphatic hydroxyl groups is 1. The summed E-state index contributed by atoms with van der Waals surface area (Å²) in [5.41, 5.74) is 0.443. The molecule has 0 radical (unpaired) electrons. The summed E-state index contributed by atoms with van der Waals surface area (Å²) < 4.78 is 10.4. The topological polar surface area (TPSA) is 96.9 Å². The van der Waals surface area contributed by atoms with Crippen LogP contribution in [0.4, 0.5) is 5.69 Å². The third kappa shape index (κ3) is 3.84. The Labute approximate surface area is 142 Å². The first-order valence-electron chi connectivity index (χ1n) is 7.34. The van der Waals surface area contributed by atoms with Crippen molar-refractivity contribution in [2.45, 2.75) is 12.5 Å². The summed E-state index contributed by atoms with van der Waals surface area (Å²) in [6.45, 7) is 0.340. The van der Waals surface area contributed by atoms with Gasteiger partial charge in [-0.15, -0.1) is 11.3 Å². The quantitative estimate of drug-likeness (QED) is 0.714. The number of fused-ring (bicyclic) bond motifs is 1. The molecule has 7 nitrogen and oxygen atoms in total. The van der Waals surface area contributed by atoms with Crippen LogP contribution < -0.4 is 20.1 Å². The van der Waals surface area contributed by atoms with Crippen molar-refractivity contribution < 1.29 is 24.2 Å². The lowest BCUT2D eigenvalue weighted by Crippen LogP contribution is -2.36. The van der Waals surface area contributed by atoms with Crippen LogP contribution in [0.5, 0.6) is 11.5 Å². The van der Waals surface area contributed by atoms with E-state index in [2.05, 4.69) is 10.6 Å². The molecular formula is C16H16N2O5S. The monoisotopic (exact) mass is 348 g/mol. The Kier molecular flexibility index (Phi) is 4.97. The summed E-state index contributed by atoms with van der Waals surface area (Å²) in [7, 11) is 0. The normalized spacial score (nSPS) is 13.4. The van der Waals surface area contributed by atoms with Crippen molar-refractivity contribution >= 4 is 28.8 Å². The highest BCUT2D eigenvalue weighted by Gasteiger charge is 2.17. The lowest BCUT2D eigenvalue weighted by atomic mass is 10.2. The van der Waals surface area contributed by atoms with Gasteiger partial charge in [-0.1, -0.05) is 6.07 Å². The van der Waals surface area contributed by atoms with Crippen molar-refractivity contribution in [1.82, 2.24) is 5.32 Å². The average molecular weight is 348 g/mol. The second-order valence-electron chi connectivity index (χ2n) is 5.10. The van der Waals surface area contributed by atoms with E-state index >= 15 is 0 Å². The maximum absolute atomic E-state index is 11.9. The minimum absolute atomic E-state index is 0.139. The second-order valence-corrected chi connectivity index (χ2v) is 6.08. The van der Waals surface area contributed by atoms with Gasteiger partial charge in [-0.2, -0.15) is 0 Å². The molecule has 0 aliphatic carbocycles. The van der Waals surface area contributed by atoms with E-state index in [9.17, 15) is 14.7 Å². The third-order valence-corrected chi connectivity index (χ3v) is 4.39. The van der Waals surface area contributed by atoms with Crippen LogP contribution in [0.2, 0.25) is 0 Å². The predicted octanol–water partition coefficient (Wildman–Crippen LogP) is 1.66. The van der Waals surface area contributed by atoms with E-state index in [1.54, 1.807) is 18.2 Å². The molecule has 0 saturated heterocycles. The van der Waals surface area contributed by atoms with Gasteiger partial charge in [-0.25, -0.2) is 0 Å². The van der Waals surface area contributed by atoms with Crippen LogP contribution >= 0.6 is 11.3 Å². The Morgan fingerprint density at radius 3 is 2.83 bits per heavy atom. The molecule has 2 heterocycles. The van der Waals surface area contributed by atoms with Gasteiger partial charge in [-0.3, -0.25) is 9.59 Å². The molecule has 1 aliphatic rings. The fraction of sp³-hybridized carbons (Fsp3) is 0.250. The molecule has 1 atom stereocenters. The van der Waals surface area contributed by atoms with Crippen LogP contribution in [0, 0.1) is 0 Å². The molecule has 0 fully saturated rings. The molecule has 0 bridgehead atoms. The zero-order valence-corrected chi connectivity index (χ0v) is 13.5. The van der Waals surface area contributed by atoms with Crippen molar-refractivity contribution in [3.63, 3.8) is 0 Å². The molecule has 1 aliphatic heterocycles. The molecule has 0 spiro atoms. The minimum Gasteiger partial charge on any atom is -0.454 e. The van der Waals surface area contributed by atoms with Gasteiger partial charge in [0.15, 0.2) is 11.5 Å². The van der Waals surface area contributed by atoms with Crippen molar-refractivity contribution in [3.05, 3.63) is 40.6 Å². The summed E-state index contributed by atoms with van der Waals surface area (Å²) in [6, 6.07) is 8.55. The van der Waals surface area contributed by atoms with Crippen molar-refractivity contribution in [3.8, 4) is 11.5 Å². The molecular weight excluding hydrogens is 332 g/mol. The SMILES string of the molecule is O=C(NCC[C@H](O)c1cccs1)C(=O)Nc1ccc2c(c1)OCO2. The van der Waals surface area contributed by atoms with Gasteiger partial charge >= 0.3 is 11.8 Å². The number of nitrogens with one attached hydrogen (secondary N) is 2. The fourth-order valence-corrected chi connectivity index (χ4v) is 2.93. The first kappa shape index (κ1) is 16.3. The molecule has 0 saturated carbocycles. The van der Waals surface area contributed by atoms with Gasteiger partial charge in [0.1, 0.15) is 0 Å². The van der Waals surface area contributed by atoms with E-state index in [4.69, 9.17) is 9.47 Å². The molecule has 24 heavy (non-hydrogen) atoms. The van der Waals surface area contributed by atoms with Crippen molar-refractivity contribution in [2.75, 3.05) is 18.7 Å².